The van der Waals surface area contributed by atoms with Crippen LogP contribution in [0, 0.1) is 5.82 Å². The molecule has 2 aromatic rings. The maximum absolute atomic E-state index is 14.1. The summed E-state index contributed by atoms with van der Waals surface area (Å²) < 4.78 is 19.6. The fourth-order valence-corrected chi connectivity index (χ4v) is 4.90. The molecule has 3 nitrogen and oxygen atoms in total. The summed E-state index contributed by atoms with van der Waals surface area (Å²) >= 11 is 0. The number of benzene rings is 2. The number of halogens is 1. The second-order valence-corrected chi connectivity index (χ2v) is 7.71. The lowest BCUT2D eigenvalue weighted by Crippen LogP contribution is -2.36. The number of fused-ring (bicyclic) bond motifs is 5. The molecule has 2 saturated heterocycles. The molecule has 1 unspecified atom stereocenters. The summed E-state index contributed by atoms with van der Waals surface area (Å²) in [5.41, 5.74) is 5.10. The Labute approximate surface area is 154 Å². The van der Waals surface area contributed by atoms with Crippen molar-refractivity contribution >= 4 is 5.69 Å². The normalized spacial score (nSPS) is 25.3. The third kappa shape index (κ3) is 2.81. The van der Waals surface area contributed by atoms with Gasteiger partial charge in [-0.15, -0.1) is 0 Å². The van der Waals surface area contributed by atoms with Gasteiger partial charge in [0, 0.05) is 36.9 Å². The number of ether oxygens (including phenoxy) is 1. The summed E-state index contributed by atoms with van der Waals surface area (Å²) in [6.07, 6.45) is 2.35. The Morgan fingerprint density at radius 3 is 2.69 bits per heavy atom. The first-order valence-electron chi connectivity index (χ1n) is 9.73. The van der Waals surface area contributed by atoms with Gasteiger partial charge < -0.3 is 9.64 Å². The highest BCUT2D eigenvalue weighted by molar-refractivity contribution is 5.55. The molecular weight excluding hydrogens is 327 g/mol. The van der Waals surface area contributed by atoms with E-state index in [0.717, 1.165) is 38.4 Å². The van der Waals surface area contributed by atoms with Crippen LogP contribution in [0.4, 0.5) is 10.1 Å². The lowest BCUT2D eigenvalue weighted by atomic mass is 9.95. The molecule has 0 aromatic heterocycles. The highest BCUT2D eigenvalue weighted by Crippen LogP contribution is 2.50. The van der Waals surface area contributed by atoms with Crippen molar-refractivity contribution in [2.24, 2.45) is 0 Å². The molecule has 2 heterocycles. The molecular formula is C22H25FN2O. The van der Waals surface area contributed by atoms with E-state index in [4.69, 9.17) is 4.74 Å². The Morgan fingerprint density at radius 2 is 1.85 bits per heavy atom. The van der Waals surface area contributed by atoms with E-state index in [1.807, 2.05) is 12.1 Å². The van der Waals surface area contributed by atoms with Crippen LogP contribution in [-0.2, 0) is 11.3 Å². The minimum Gasteiger partial charge on any atom is -0.378 e. The summed E-state index contributed by atoms with van der Waals surface area (Å²) in [4.78, 5) is 4.90. The van der Waals surface area contributed by atoms with Crippen LogP contribution >= 0.6 is 0 Å². The molecule has 2 aromatic carbocycles. The number of hydrogen-bond acceptors (Lipinski definition) is 3. The number of anilines is 1. The molecule has 0 saturated carbocycles. The van der Waals surface area contributed by atoms with E-state index in [1.165, 1.54) is 29.7 Å². The van der Waals surface area contributed by atoms with Gasteiger partial charge in [0.05, 0.1) is 13.2 Å². The van der Waals surface area contributed by atoms with E-state index in [2.05, 4.69) is 28.0 Å². The van der Waals surface area contributed by atoms with E-state index < -0.39 is 0 Å². The fourth-order valence-electron chi connectivity index (χ4n) is 4.90. The topological polar surface area (TPSA) is 15.7 Å². The maximum Gasteiger partial charge on any atom is 0.127 e. The van der Waals surface area contributed by atoms with E-state index in [0.29, 0.717) is 18.5 Å². The number of piperidine rings is 1. The minimum atomic E-state index is -0.0880. The highest BCUT2D eigenvalue weighted by atomic mass is 19.1. The monoisotopic (exact) mass is 352 g/mol. The van der Waals surface area contributed by atoms with Crippen LogP contribution in [0.2, 0.25) is 0 Å². The van der Waals surface area contributed by atoms with Gasteiger partial charge in [-0.1, -0.05) is 24.3 Å². The van der Waals surface area contributed by atoms with Crippen LogP contribution in [-0.4, -0.2) is 37.7 Å². The molecule has 0 spiro atoms. The molecule has 2 aliphatic heterocycles. The third-order valence-electron chi connectivity index (χ3n) is 6.29. The van der Waals surface area contributed by atoms with E-state index in [-0.39, 0.29) is 5.82 Å². The summed E-state index contributed by atoms with van der Waals surface area (Å²) in [6.45, 7) is 5.29. The van der Waals surface area contributed by atoms with Gasteiger partial charge in [-0.2, -0.15) is 0 Å². The molecule has 2 fully saturated rings. The van der Waals surface area contributed by atoms with Gasteiger partial charge in [-0.3, -0.25) is 4.90 Å². The highest BCUT2D eigenvalue weighted by Gasteiger charge is 2.39. The summed E-state index contributed by atoms with van der Waals surface area (Å²) in [5, 5.41) is 0. The van der Waals surface area contributed by atoms with E-state index >= 15 is 0 Å². The third-order valence-corrected chi connectivity index (χ3v) is 6.29. The lowest BCUT2D eigenvalue weighted by molar-refractivity contribution is 0.122. The molecule has 0 radical (unpaired) electrons. The molecule has 0 N–H and O–H groups in total. The van der Waals surface area contributed by atoms with Gasteiger partial charge in [0.1, 0.15) is 5.82 Å². The van der Waals surface area contributed by atoms with Crippen LogP contribution < -0.4 is 4.90 Å². The zero-order valence-electron chi connectivity index (χ0n) is 15.0. The molecule has 136 valence electrons. The molecule has 26 heavy (non-hydrogen) atoms. The predicted octanol–water partition coefficient (Wildman–Crippen LogP) is 4.10. The standard InChI is InChI=1S/C22H25FN2O/c23-21-4-2-1-3-17(21)15-25-8-7-16-13-22(25)20-14-18(5-6-19(16)20)24-9-11-26-12-10-24/h1-6,14,16,22H,7-13,15H2/t16?,22-/m1/s1. The zero-order valence-corrected chi connectivity index (χ0v) is 15.0. The SMILES string of the molecule is Fc1ccccc1CN1CCC2C[C@@H]1c1cc(N3CCOCC3)ccc12. The van der Waals surface area contributed by atoms with Gasteiger partial charge in [0.25, 0.3) is 0 Å². The quantitative estimate of drug-likeness (QED) is 0.827. The number of morpholine rings is 1. The summed E-state index contributed by atoms with van der Waals surface area (Å²) in [7, 11) is 0. The van der Waals surface area contributed by atoms with Crippen molar-refractivity contribution in [2.75, 3.05) is 37.7 Å². The molecule has 5 rings (SSSR count). The Morgan fingerprint density at radius 1 is 1.00 bits per heavy atom. The van der Waals surface area contributed by atoms with Gasteiger partial charge in [0.15, 0.2) is 0 Å². The zero-order chi connectivity index (χ0) is 17.5. The van der Waals surface area contributed by atoms with Crippen molar-refractivity contribution in [1.29, 1.82) is 0 Å². The maximum atomic E-state index is 14.1. The first-order valence-corrected chi connectivity index (χ1v) is 9.73. The second-order valence-electron chi connectivity index (χ2n) is 7.71. The van der Waals surface area contributed by atoms with Crippen LogP contribution in [0.3, 0.4) is 0 Å². The largest absolute Gasteiger partial charge is 0.378 e. The van der Waals surface area contributed by atoms with Crippen molar-refractivity contribution in [1.82, 2.24) is 4.90 Å². The summed E-state index contributed by atoms with van der Waals surface area (Å²) in [5.74, 6) is 0.584. The average Bonchev–Trinajstić information content (AvgIpc) is 2.99. The molecule has 3 aliphatic rings. The van der Waals surface area contributed by atoms with Gasteiger partial charge in [-0.25, -0.2) is 4.39 Å². The van der Waals surface area contributed by atoms with E-state index in [9.17, 15) is 4.39 Å². The molecule has 2 bridgehead atoms. The van der Waals surface area contributed by atoms with Crippen LogP contribution in [0.1, 0.15) is 41.5 Å². The number of hydrogen-bond donors (Lipinski definition) is 0. The lowest BCUT2D eigenvalue weighted by Gasteiger charge is -2.34. The van der Waals surface area contributed by atoms with Crippen LogP contribution in [0.15, 0.2) is 42.5 Å². The van der Waals surface area contributed by atoms with Gasteiger partial charge in [0.2, 0.25) is 0 Å². The van der Waals surface area contributed by atoms with E-state index in [1.54, 1.807) is 12.1 Å². The molecule has 4 heteroatoms. The van der Waals surface area contributed by atoms with Gasteiger partial charge >= 0.3 is 0 Å². The van der Waals surface area contributed by atoms with Crippen LogP contribution in [0.5, 0.6) is 0 Å². The predicted molar refractivity (Wildman–Crippen MR) is 101 cm³/mol. The number of nitrogens with zero attached hydrogens (tertiary/aromatic N) is 2. The van der Waals surface area contributed by atoms with Crippen LogP contribution in [0.25, 0.3) is 0 Å². The summed E-state index contributed by atoms with van der Waals surface area (Å²) in [6, 6.07) is 14.6. The van der Waals surface area contributed by atoms with Crippen molar-refractivity contribution in [3.05, 3.63) is 65.0 Å². The Kier molecular flexibility index (Phi) is 4.18. The number of likely N-dealkylation sites (tertiary alicyclic amines) is 1. The minimum absolute atomic E-state index is 0.0880. The fraction of sp³-hybridized carbons (Fsp3) is 0.455. The first kappa shape index (κ1) is 16.3. The van der Waals surface area contributed by atoms with Crippen molar-refractivity contribution in [3.63, 3.8) is 0 Å². The molecule has 2 atom stereocenters. The van der Waals surface area contributed by atoms with Crippen molar-refractivity contribution < 1.29 is 9.13 Å². The van der Waals surface area contributed by atoms with Crippen molar-refractivity contribution in [3.8, 4) is 0 Å². The number of rotatable bonds is 3. The Balaban J connectivity index is 1.43. The molecule has 0 amide bonds. The Hall–Kier alpha value is -1.91. The van der Waals surface area contributed by atoms with Gasteiger partial charge in [-0.05, 0) is 54.6 Å². The van der Waals surface area contributed by atoms with Crippen molar-refractivity contribution in [2.45, 2.75) is 31.3 Å². The molecule has 1 aliphatic carbocycles. The second kappa shape index (κ2) is 6.67. The smallest absolute Gasteiger partial charge is 0.127 e. The average molecular weight is 352 g/mol. The first-order chi connectivity index (χ1) is 12.8. The Bertz CT molecular complexity index is 802.